The number of hydrogen-bond donors (Lipinski definition) is 0. The van der Waals surface area contributed by atoms with Gasteiger partial charge in [0.05, 0.1) is 13.1 Å². The van der Waals surface area contributed by atoms with Crippen LogP contribution in [0.4, 0.5) is 0 Å². The van der Waals surface area contributed by atoms with Crippen LogP contribution in [0.1, 0.15) is 43.4 Å². The van der Waals surface area contributed by atoms with Crippen LogP contribution in [0.15, 0.2) is 16.8 Å². The highest BCUT2D eigenvalue weighted by Gasteiger charge is 2.25. The largest absolute Gasteiger partial charge is 0.424 e. The quantitative estimate of drug-likeness (QED) is 0.793. The Kier molecular flexibility index (Phi) is 3.33. The Morgan fingerprint density at radius 2 is 2.11 bits per heavy atom. The van der Waals surface area contributed by atoms with E-state index in [1.54, 1.807) is 0 Å². The van der Waals surface area contributed by atoms with E-state index in [1.165, 1.54) is 12.8 Å². The molecular formula is C13H19N5O. The van der Waals surface area contributed by atoms with Crippen molar-refractivity contribution in [2.75, 3.05) is 7.05 Å². The minimum atomic E-state index is 0.657. The Labute approximate surface area is 112 Å². The first kappa shape index (κ1) is 12.3. The molecule has 0 unspecified atom stereocenters. The highest BCUT2D eigenvalue weighted by molar-refractivity contribution is 4.99. The fraction of sp³-hybridized carbons (Fsp3) is 0.615. The molecule has 0 aromatic carbocycles. The molecule has 0 radical (unpaired) electrons. The lowest BCUT2D eigenvalue weighted by Crippen LogP contribution is -2.20. The molecular weight excluding hydrogens is 242 g/mol. The zero-order valence-corrected chi connectivity index (χ0v) is 11.4. The van der Waals surface area contributed by atoms with Gasteiger partial charge in [-0.3, -0.25) is 4.90 Å². The van der Waals surface area contributed by atoms with Crippen LogP contribution in [-0.2, 0) is 19.5 Å². The molecule has 3 rings (SSSR count). The van der Waals surface area contributed by atoms with E-state index >= 15 is 0 Å². The van der Waals surface area contributed by atoms with Gasteiger partial charge < -0.3 is 8.98 Å². The Morgan fingerprint density at radius 1 is 1.32 bits per heavy atom. The third-order valence-electron chi connectivity index (χ3n) is 3.32. The summed E-state index contributed by atoms with van der Waals surface area (Å²) in [5.74, 6) is 2.48. The molecule has 1 aliphatic carbocycles. The molecule has 0 bridgehead atoms. The molecule has 1 saturated carbocycles. The molecule has 0 N–H and O–H groups in total. The molecule has 2 heterocycles. The van der Waals surface area contributed by atoms with Crippen LogP contribution in [-0.4, -0.2) is 31.7 Å². The van der Waals surface area contributed by atoms with Crippen molar-refractivity contribution in [3.05, 3.63) is 30.0 Å². The Morgan fingerprint density at radius 3 is 2.79 bits per heavy atom. The number of aryl methyl sites for hydroxylation is 1. The van der Waals surface area contributed by atoms with Crippen LogP contribution in [0, 0.1) is 0 Å². The van der Waals surface area contributed by atoms with Gasteiger partial charge in [0.1, 0.15) is 5.82 Å². The summed E-state index contributed by atoms with van der Waals surface area (Å²) >= 11 is 0. The molecule has 19 heavy (non-hydrogen) atoms. The molecule has 0 atom stereocenters. The lowest BCUT2D eigenvalue weighted by molar-refractivity contribution is 0.268. The highest BCUT2D eigenvalue weighted by Crippen LogP contribution is 2.35. The summed E-state index contributed by atoms with van der Waals surface area (Å²) in [4.78, 5) is 6.58. The summed E-state index contributed by atoms with van der Waals surface area (Å²) in [6.07, 6.45) is 7.28. The van der Waals surface area contributed by atoms with Crippen LogP contribution < -0.4 is 0 Å². The normalized spacial score (nSPS) is 15.3. The van der Waals surface area contributed by atoms with Gasteiger partial charge in [-0.05, 0) is 19.9 Å². The van der Waals surface area contributed by atoms with E-state index in [1.807, 2.05) is 20.2 Å². The van der Waals surface area contributed by atoms with Gasteiger partial charge in [-0.25, -0.2) is 4.98 Å². The van der Waals surface area contributed by atoms with Gasteiger partial charge in [0.15, 0.2) is 0 Å². The third-order valence-corrected chi connectivity index (χ3v) is 3.32. The summed E-state index contributed by atoms with van der Waals surface area (Å²) in [6.45, 7) is 3.46. The Balaban J connectivity index is 1.61. The minimum absolute atomic E-state index is 0.657. The molecule has 6 nitrogen and oxygen atoms in total. The van der Waals surface area contributed by atoms with Gasteiger partial charge in [0.25, 0.3) is 0 Å². The third kappa shape index (κ3) is 2.84. The second-order valence-electron chi connectivity index (χ2n) is 5.10. The summed E-state index contributed by atoms with van der Waals surface area (Å²) in [5, 5.41) is 8.02. The molecule has 2 aromatic rings. The van der Waals surface area contributed by atoms with Crippen molar-refractivity contribution in [3.8, 4) is 0 Å². The summed E-state index contributed by atoms with van der Waals surface area (Å²) in [5.41, 5.74) is 0. The number of hydrogen-bond acceptors (Lipinski definition) is 5. The van der Waals surface area contributed by atoms with Crippen molar-refractivity contribution in [2.24, 2.45) is 0 Å². The first-order valence-corrected chi connectivity index (χ1v) is 6.77. The highest BCUT2D eigenvalue weighted by atomic mass is 16.4. The van der Waals surface area contributed by atoms with Crippen molar-refractivity contribution in [1.29, 1.82) is 0 Å². The summed E-state index contributed by atoms with van der Waals surface area (Å²) in [7, 11) is 2.04. The molecule has 1 aliphatic rings. The van der Waals surface area contributed by atoms with Crippen molar-refractivity contribution in [3.63, 3.8) is 0 Å². The van der Waals surface area contributed by atoms with E-state index < -0.39 is 0 Å². The fourth-order valence-corrected chi connectivity index (χ4v) is 2.17. The predicted molar refractivity (Wildman–Crippen MR) is 69.3 cm³/mol. The molecule has 102 valence electrons. The molecule has 2 aromatic heterocycles. The van der Waals surface area contributed by atoms with Crippen LogP contribution in [0.2, 0.25) is 0 Å². The molecule has 0 saturated heterocycles. The van der Waals surface area contributed by atoms with Gasteiger partial charge in [-0.2, -0.15) is 0 Å². The zero-order chi connectivity index (χ0) is 13.2. The minimum Gasteiger partial charge on any atom is -0.424 e. The Hall–Kier alpha value is -1.69. The van der Waals surface area contributed by atoms with Crippen molar-refractivity contribution in [1.82, 2.24) is 24.6 Å². The van der Waals surface area contributed by atoms with Crippen LogP contribution in [0.3, 0.4) is 0 Å². The summed E-state index contributed by atoms with van der Waals surface area (Å²) in [6, 6.07) is 0.668. The average molecular weight is 261 g/mol. The maximum Gasteiger partial charge on any atom is 0.230 e. The van der Waals surface area contributed by atoms with Crippen molar-refractivity contribution >= 4 is 0 Å². The first-order chi connectivity index (χ1) is 9.26. The SMILES string of the molecule is CCc1nnc(CN(C)Cc2nccn2C2CC2)o1. The van der Waals surface area contributed by atoms with E-state index in [-0.39, 0.29) is 0 Å². The number of imidazole rings is 1. The number of aromatic nitrogens is 4. The maximum absolute atomic E-state index is 5.52. The van der Waals surface area contributed by atoms with Crippen molar-refractivity contribution in [2.45, 2.75) is 45.3 Å². The van der Waals surface area contributed by atoms with Crippen LogP contribution in [0.25, 0.3) is 0 Å². The summed E-state index contributed by atoms with van der Waals surface area (Å²) < 4.78 is 7.80. The topological polar surface area (TPSA) is 60.0 Å². The molecule has 0 aliphatic heterocycles. The standard InChI is InChI=1S/C13H19N5O/c1-3-12-15-16-13(19-12)9-17(2)8-11-14-6-7-18(11)10-4-5-10/h6-7,10H,3-5,8-9H2,1-2H3. The van der Waals surface area contributed by atoms with Gasteiger partial charge in [0, 0.05) is 24.9 Å². The molecule has 6 heteroatoms. The van der Waals surface area contributed by atoms with Gasteiger partial charge in [-0.15, -0.1) is 10.2 Å². The van der Waals surface area contributed by atoms with E-state index in [0.29, 0.717) is 24.4 Å². The number of rotatable bonds is 6. The monoisotopic (exact) mass is 261 g/mol. The number of nitrogens with zero attached hydrogens (tertiary/aromatic N) is 5. The molecule has 1 fully saturated rings. The lowest BCUT2D eigenvalue weighted by atomic mass is 10.4. The second-order valence-corrected chi connectivity index (χ2v) is 5.10. The van der Waals surface area contributed by atoms with E-state index in [4.69, 9.17) is 4.42 Å². The smallest absolute Gasteiger partial charge is 0.230 e. The zero-order valence-electron chi connectivity index (χ0n) is 11.4. The van der Waals surface area contributed by atoms with E-state index in [9.17, 15) is 0 Å². The van der Waals surface area contributed by atoms with Crippen LogP contribution in [0.5, 0.6) is 0 Å². The average Bonchev–Trinajstić information content (AvgIpc) is 2.97. The maximum atomic E-state index is 5.52. The lowest BCUT2D eigenvalue weighted by Gasteiger charge is -2.15. The Bertz CT molecular complexity index is 543. The second kappa shape index (κ2) is 5.13. The first-order valence-electron chi connectivity index (χ1n) is 6.77. The van der Waals surface area contributed by atoms with Gasteiger partial charge in [0.2, 0.25) is 11.8 Å². The fourth-order valence-electron chi connectivity index (χ4n) is 2.17. The van der Waals surface area contributed by atoms with E-state index in [0.717, 1.165) is 18.8 Å². The van der Waals surface area contributed by atoms with Gasteiger partial charge in [-0.1, -0.05) is 6.92 Å². The molecule has 0 amide bonds. The molecule has 0 spiro atoms. The van der Waals surface area contributed by atoms with E-state index in [2.05, 4.69) is 30.8 Å². The van der Waals surface area contributed by atoms with Crippen molar-refractivity contribution < 1.29 is 4.42 Å². The van der Waals surface area contributed by atoms with Crippen LogP contribution >= 0.6 is 0 Å². The van der Waals surface area contributed by atoms with Gasteiger partial charge >= 0.3 is 0 Å². The predicted octanol–water partition coefficient (Wildman–Crippen LogP) is 1.80.